The van der Waals surface area contributed by atoms with Crippen LogP contribution in [0.1, 0.15) is 45.4 Å². The van der Waals surface area contributed by atoms with Crippen LogP contribution in [-0.2, 0) is 0 Å². The first kappa shape index (κ1) is 11.7. The molecule has 0 amide bonds. The van der Waals surface area contributed by atoms with Crippen molar-refractivity contribution in [2.45, 2.75) is 57.5 Å². The van der Waals surface area contributed by atoms with Crippen molar-refractivity contribution in [2.75, 3.05) is 6.54 Å². The molecule has 1 heterocycles. The van der Waals surface area contributed by atoms with Crippen molar-refractivity contribution in [3.63, 3.8) is 0 Å². The lowest BCUT2D eigenvalue weighted by Gasteiger charge is -2.37. The van der Waals surface area contributed by atoms with Crippen LogP contribution in [0.25, 0.3) is 10.4 Å². The molecule has 0 aromatic carbocycles. The summed E-state index contributed by atoms with van der Waals surface area (Å²) in [7, 11) is 0. The van der Waals surface area contributed by atoms with Gasteiger partial charge in [0.25, 0.3) is 0 Å². The van der Waals surface area contributed by atoms with Crippen molar-refractivity contribution >= 4 is 0 Å². The Morgan fingerprint density at radius 1 is 1.12 bits per heavy atom. The van der Waals surface area contributed by atoms with Gasteiger partial charge in [0.15, 0.2) is 0 Å². The third kappa shape index (κ3) is 2.89. The maximum atomic E-state index is 8.41. The zero-order valence-corrected chi connectivity index (χ0v) is 10.1. The Bertz CT molecular complexity index is 256. The number of hydrogen-bond donors (Lipinski definition) is 1. The van der Waals surface area contributed by atoms with E-state index in [1.165, 1.54) is 32.2 Å². The lowest BCUT2D eigenvalue weighted by Crippen LogP contribution is -2.44. The van der Waals surface area contributed by atoms with E-state index in [0.29, 0.717) is 0 Å². The van der Waals surface area contributed by atoms with E-state index in [1.54, 1.807) is 0 Å². The summed E-state index contributed by atoms with van der Waals surface area (Å²) < 4.78 is 0. The predicted molar refractivity (Wildman–Crippen MR) is 65.1 cm³/mol. The van der Waals surface area contributed by atoms with Gasteiger partial charge in [0.05, 0.1) is 0 Å². The van der Waals surface area contributed by atoms with Crippen molar-refractivity contribution in [3.05, 3.63) is 10.4 Å². The van der Waals surface area contributed by atoms with E-state index in [1.807, 2.05) is 0 Å². The van der Waals surface area contributed by atoms with E-state index in [9.17, 15) is 0 Å². The van der Waals surface area contributed by atoms with Crippen LogP contribution >= 0.6 is 0 Å². The number of rotatable bonds is 2. The van der Waals surface area contributed by atoms with Crippen LogP contribution in [0.4, 0.5) is 0 Å². The van der Waals surface area contributed by atoms with Gasteiger partial charge < -0.3 is 5.32 Å². The number of nitrogens with zero attached hydrogens (tertiary/aromatic N) is 3. The largest absolute Gasteiger partial charge is 0.313 e. The quantitative estimate of drug-likeness (QED) is 0.435. The minimum absolute atomic E-state index is 0.267. The van der Waals surface area contributed by atoms with E-state index >= 15 is 0 Å². The van der Waals surface area contributed by atoms with Gasteiger partial charge in [-0.25, -0.2) is 0 Å². The molecule has 1 aliphatic heterocycles. The summed E-state index contributed by atoms with van der Waals surface area (Å²) in [6.07, 6.45) is 7.34. The van der Waals surface area contributed by atoms with Crippen molar-refractivity contribution in [1.82, 2.24) is 5.32 Å². The molecule has 0 aromatic rings. The number of nitrogens with one attached hydrogen (secondary N) is 1. The summed E-state index contributed by atoms with van der Waals surface area (Å²) in [5.74, 6) is 1.66. The maximum Gasteiger partial charge on any atom is 0.0374 e. The lowest BCUT2D eigenvalue weighted by atomic mass is 9.78. The number of hydrogen-bond acceptors (Lipinski definition) is 2. The summed E-state index contributed by atoms with van der Waals surface area (Å²) >= 11 is 0. The summed E-state index contributed by atoms with van der Waals surface area (Å²) in [5.41, 5.74) is 8.41. The van der Waals surface area contributed by atoms with Crippen LogP contribution in [0, 0.1) is 11.8 Å². The zero-order valence-electron chi connectivity index (χ0n) is 10.1. The number of piperidine rings is 1. The molecule has 1 saturated carbocycles. The fraction of sp³-hybridized carbons (Fsp3) is 1.00. The second-order valence-electron chi connectivity index (χ2n) is 5.47. The highest BCUT2D eigenvalue weighted by Crippen LogP contribution is 2.32. The smallest absolute Gasteiger partial charge is 0.0374 e. The third-order valence-electron chi connectivity index (χ3n) is 4.22. The number of azide groups is 1. The molecule has 2 rings (SSSR count). The van der Waals surface area contributed by atoms with Crippen molar-refractivity contribution in [1.29, 1.82) is 0 Å². The van der Waals surface area contributed by atoms with Crippen LogP contribution in [-0.4, -0.2) is 18.6 Å². The Hall–Kier alpha value is -0.730. The molecule has 0 radical (unpaired) electrons. The molecule has 4 heteroatoms. The van der Waals surface area contributed by atoms with Gasteiger partial charge >= 0.3 is 0 Å². The van der Waals surface area contributed by atoms with E-state index < -0.39 is 0 Å². The molecule has 1 aliphatic carbocycles. The van der Waals surface area contributed by atoms with Gasteiger partial charge in [0.1, 0.15) is 0 Å². The van der Waals surface area contributed by atoms with Crippen LogP contribution in [0.15, 0.2) is 5.11 Å². The highest BCUT2D eigenvalue weighted by molar-refractivity contribution is 4.87. The maximum absolute atomic E-state index is 8.41. The molecular weight excluding hydrogens is 200 g/mol. The highest BCUT2D eigenvalue weighted by Gasteiger charge is 2.29. The normalized spacial score (nSPS) is 40.1. The average molecular weight is 222 g/mol. The second kappa shape index (κ2) is 5.55. The van der Waals surface area contributed by atoms with Gasteiger partial charge in [-0.05, 0) is 62.4 Å². The average Bonchev–Trinajstić information content (AvgIpc) is 2.32. The first-order valence-electron chi connectivity index (χ1n) is 6.57. The Labute approximate surface area is 97.4 Å². The molecule has 90 valence electrons. The zero-order chi connectivity index (χ0) is 11.4. The Morgan fingerprint density at radius 3 is 2.44 bits per heavy atom. The second-order valence-corrected chi connectivity index (χ2v) is 5.47. The Kier molecular flexibility index (Phi) is 4.08. The van der Waals surface area contributed by atoms with Crippen LogP contribution in [0.3, 0.4) is 0 Å². The van der Waals surface area contributed by atoms with Gasteiger partial charge in [-0.1, -0.05) is 12.0 Å². The Morgan fingerprint density at radius 2 is 1.88 bits per heavy atom. The topological polar surface area (TPSA) is 60.8 Å². The molecule has 4 nitrogen and oxygen atoms in total. The van der Waals surface area contributed by atoms with Crippen molar-refractivity contribution < 1.29 is 0 Å². The van der Waals surface area contributed by atoms with Gasteiger partial charge in [-0.15, -0.1) is 0 Å². The summed E-state index contributed by atoms with van der Waals surface area (Å²) in [6.45, 7) is 3.50. The van der Waals surface area contributed by atoms with Crippen LogP contribution in [0.2, 0.25) is 0 Å². The van der Waals surface area contributed by atoms with Gasteiger partial charge in [-0.3, -0.25) is 0 Å². The Balaban J connectivity index is 1.78. The SMILES string of the molecule is C[C@@H]1CC[C@@H](C2CCC(N=[N+]=[N-])CC2)NC1. The summed E-state index contributed by atoms with van der Waals surface area (Å²) in [4.78, 5) is 2.92. The van der Waals surface area contributed by atoms with E-state index in [-0.39, 0.29) is 6.04 Å². The van der Waals surface area contributed by atoms with E-state index in [0.717, 1.165) is 30.7 Å². The van der Waals surface area contributed by atoms with Crippen LogP contribution in [0.5, 0.6) is 0 Å². The minimum atomic E-state index is 0.267. The van der Waals surface area contributed by atoms with Gasteiger partial charge in [-0.2, -0.15) is 0 Å². The molecule has 0 bridgehead atoms. The van der Waals surface area contributed by atoms with Gasteiger partial charge in [0.2, 0.25) is 0 Å². The standard InChI is InChI=1S/C12H22N4/c1-9-2-7-12(14-8-9)10-3-5-11(6-4-10)15-16-13/h9-12,14H,2-8H2,1H3/t9-,10?,11?,12+/m1/s1. The van der Waals surface area contributed by atoms with Crippen molar-refractivity contribution in [2.24, 2.45) is 17.0 Å². The molecule has 2 atom stereocenters. The lowest BCUT2D eigenvalue weighted by molar-refractivity contribution is 0.202. The predicted octanol–water partition coefficient (Wildman–Crippen LogP) is 3.24. The summed E-state index contributed by atoms with van der Waals surface area (Å²) in [6, 6.07) is 0.993. The molecule has 2 fully saturated rings. The molecule has 1 N–H and O–H groups in total. The minimum Gasteiger partial charge on any atom is -0.313 e. The monoisotopic (exact) mass is 222 g/mol. The van der Waals surface area contributed by atoms with E-state index in [4.69, 9.17) is 5.53 Å². The third-order valence-corrected chi connectivity index (χ3v) is 4.22. The molecule has 0 unspecified atom stereocenters. The molecular formula is C12H22N4. The fourth-order valence-electron chi connectivity index (χ4n) is 3.12. The molecule has 1 saturated heterocycles. The first-order valence-corrected chi connectivity index (χ1v) is 6.57. The first-order chi connectivity index (χ1) is 7.79. The van der Waals surface area contributed by atoms with Gasteiger partial charge in [0, 0.05) is 17.0 Å². The molecule has 0 aromatic heterocycles. The van der Waals surface area contributed by atoms with E-state index in [2.05, 4.69) is 22.3 Å². The molecule has 16 heavy (non-hydrogen) atoms. The highest BCUT2D eigenvalue weighted by atomic mass is 15.1. The molecule has 0 spiro atoms. The van der Waals surface area contributed by atoms with Crippen molar-refractivity contribution in [3.8, 4) is 0 Å². The molecule has 2 aliphatic rings. The fourth-order valence-corrected chi connectivity index (χ4v) is 3.12. The van der Waals surface area contributed by atoms with Crippen LogP contribution < -0.4 is 5.32 Å². The summed E-state index contributed by atoms with van der Waals surface area (Å²) in [5, 5.41) is 7.52.